The van der Waals surface area contributed by atoms with Crippen LogP contribution >= 0.6 is 46.4 Å². The molecule has 0 aromatic heterocycles. The molecular weight excluding hydrogens is 374 g/mol. The first kappa shape index (κ1) is 16.8. The lowest BCUT2D eigenvalue weighted by atomic mass is 10.1. The maximum absolute atomic E-state index is 12.3. The van der Waals surface area contributed by atoms with Gasteiger partial charge in [-0.25, -0.2) is 0 Å². The average molecular weight is 382 g/mol. The van der Waals surface area contributed by atoms with Crippen molar-refractivity contribution >= 4 is 63.0 Å². The summed E-state index contributed by atoms with van der Waals surface area (Å²) in [5, 5.41) is 1.35. The summed E-state index contributed by atoms with van der Waals surface area (Å²) in [6.45, 7) is 0. The molecule has 7 heteroatoms. The van der Waals surface area contributed by atoms with E-state index in [4.69, 9.17) is 46.4 Å². The molecule has 0 spiro atoms. The van der Waals surface area contributed by atoms with E-state index < -0.39 is 10.8 Å². The zero-order valence-electron chi connectivity index (χ0n) is 10.4. The number of benzene rings is 2. The van der Waals surface area contributed by atoms with Crippen LogP contribution < -0.4 is 0 Å². The fourth-order valence-corrected chi connectivity index (χ4v) is 3.86. The van der Waals surface area contributed by atoms with E-state index in [0.29, 0.717) is 20.0 Å². The molecule has 0 aliphatic heterocycles. The van der Waals surface area contributed by atoms with Gasteiger partial charge < -0.3 is 0 Å². The molecule has 2 nitrogen and oxygen atoms in total. The Kier molecular flexibility index (Phi) is 5.69. The van der Waals surface area contributed by atoms with E-state index in [0.717, 1.165) is 0 Å². The Hall–Kier alpha value is -0.580. The van der Waals surface area contributed by atoms with Crippen LogP contribution in [0.5, 0.6) is 0 Å². The molecular formula is C14H8Cl4O2S. The van der Waals surface area contributed by atoms with E-state index in [9.17, 15) is 9.00 Å². The predicted octanol–water partition coefficient (Wildman–Crippen LogP) is 5.29. The van der Waals surface area contributed by atoms with E-state index in [1.165, 1.54) is 24.3 Å². The fourth-order valence-electron chi connectivity index (χ4n) is 1.64. The highest BCUT2D eigenvalue weighted by molar-refractivity contribution is 7.86. The third-order valence-electron chi connectivity index (χ3n) is 2.63. The molecule has 2 aromatic carbocycles. The van der Waals surface area contributed by atoms with Crippen LogP contribution in [0.4, 0.5) is 0 Å². The van der Waals surface area contributed by atoms with Crippen molar-refractivity contribution in [1.29, 1.82) is 0 Å². The van der Waals surface area contributed by atoms with Gasteiger partial charge in [-0.05, 0) is 36.4 Å². The molecule has 0 saturated heterocycles. The van der Waals surface area contributed by atoms with E-state index in [2.05, 4.69) is 0 Å². The van der Waals surface area contributed by atoms with Crippen molar-refractivity contribution in [3.05, 3.63) is 62.1 Å². The molecule has 0 saturated carbocycles. The van der Waals surface area contributed by atoms with Gasteiger partial charge in [0.15, 0.2) is 5.78 Å². The Balaban J connectivity index is 2.23. The lowest BCUT2D eigenvalue weighted by Gasteiger charge is -2.06. The number of hydrogen-bond acceptors (Lipinski definition) is 2. The number of rotatable bonds is 4. The minimum absolute atomic E-state index is 0.224. The normalized spacial score (nSPS) is 12.2. The SMILES string of the molecule is O=C(CS(=O)c1cc(Cl)ccc1Cl)c1ccc(Cl)cc1Cl. The number of halogens is 4. The molecule has 0 fully saturated rings. The lowest BCUT2D eigenvalue weighted by molar-refractivity contribution is 0.102. The number of ketones is 1. The Morgan fingerprint density at radius 1 is 0.905 bits per heavy atom. The van der Waals surface area contributed by atoms with Crippen molar-refractivity contribution in [1.82, 2.24) is 0 Å². The lowest BCUT2D eigenvalue weighted by Crippen LogP contribution is -2.12. The highest BCUT2D eigenvalue weighted by Crippen LogP contribution is 2.26. The first-order valence-corrected chi connectivity index (χ1v) is 8.53. The van der Waals surface area contributed by atoms with Crippen molar-refractivity contribution in [2.75, 3.05) is 5.75 Å². The maximum atomic E-state index is 12.3. The second kappa shape index (κ2) is 7.12. The largest absolute Gasteiger partial charge is 0.293 e. The minimum atomic E-state index is -1.61. The molecule has 0 aliphatic carbocycles. The highest BCUT2D eigenvalue weighted by Gasteiger charge is 2.17. The summed E-state index contributed by atoms with van der Waals surface area (Å²) in [5.41, 5.74) is 0.271. The molecule has 2 aromatic rings. The Labute approximate surface area is 144 Å². The zero-order chi connectivity index (χ0) is 15.6. The van der Waals surface area contributed by atoms with Crippen LogP contribution in [0.2, 0.25) is 20.1 Å². The van der Waals surface area contributed by atoms with Gasteiger partial charge in [-0.2, -0.15) is 0 Å². The monoisotopic (exact) mass is 380 g/mol. The molecule has 1 unspecified atom stereocenters. The summed E-state index contributed by atoms with van der Waals surface area (Å²) >= 11 is 23.5. The first-order chi connectivity index (χ1) is 9.88. The number of hydrogen-bond donors (Lipinski definition) is 0. The Bertz CT molecular complexity index is 731. The van der Waals surface area contributed by atoms with E-state index >= 15 is 0 Å². The molecule has 0 aliphatic rings. The molecule has 2 rings (SSSR count). The van der Waals surface area contributed by atoms with Crippen molar-refractivity contribution in [2.24, 2.45) is 0 Å². The summed E-state index contributed by atoms with van der Waals surface area (Å²) in [6, 6.07) is 9.13. The van der Waals surface area contributed by atoms with Gasteiger partial charge in [-0.1, -0.05) is 46.4 Å². The van der Waals surface area contributed by atoms with Gasteiger partial charge in [0.2, 0.25) is 0 Å². The van der Waals surface area contributed by atoms with Crippen LogP contribution in [0.15, 0.2) is 41.3 Å². The zero-order valence-corrected chi connectivity index (χ0v) is 14.2. The number of carbonyl (C=O) groups excluding carboxylic acids is 1. The third kappa shape index (κ3) is 4.21. The van der Waals surface area contributed by atoms with Gasteiger partial charge in [-0.3, -0.25) is 9.00 Å². The summed E-state index contributed by atoms with van der Waals surface area (Å²) in [7, 11) is -1.61. The summed E-state index contributed by atoms with van der Waals surface area (Å²) in [5.74, 6) is -0.590. The molecule has 0 radical (unpaired) electrons. The fraction of sp³-hybridized carbons (Fsp3) is 0.0714. The Morgan fingerprint density at radius 2 is 1.52 bits per heavy atom. The molecule has 0 amide bonds. The smallest absolute Gasteiger partial charge is 0.177 e. The van der Waals surface area contributed by atoms with E-state index in [1.54, 1.807) is 12.1 Å². The van der Waals surface area contributed by atoms with Crippen molar-refractivity contribution in [3.63, 3.8) is 0 Å². The highest BCUT2D eigenvalue weighted by atomic mass is 35.5. The standard InChI is InChI=1S/C14H8Cl4O2S/c15-8-1-3-10(12(18)5-8)13(19)7-21(20)14-6-9(16)2-4-11(14)17/h1-6H,7H2. The molecule has 1 atom stereocenters. The average Bonchev–Trinajstić information content (AvgIpc) is 2.41. The van der Waals surface area contributed by atoms with Crippen LogP contribution in [0.25, 0.3) is 0 Å². The van der Waals surface area contributed by atoms with Gasteiger partial charge in [0.25, 0.3) is 0 Å². The van der Waals surface area contributed by atoms with Gasteiger partial charge in [0.05, 0.1) is 31.5 Å². The molecule has 21 heavy (non-hydrogen) atoms. The first-order valence-electron chi connectivity index (χ1n) is 5.70. The summed E-state index contributed by atoms with van der Waals surface area (Å²) in [6.07, 6.45) is 0. The second-order valence-corrected chi connectivity index (χ2v) is 7.22. The van der Waals surface area contributed by atoms with Crippen molar-refractivity contribution < 1.29 is 9.00 Å². The predicted molar refractivity (Wildman–Crippen MR) is 88.5 cm³/mol. The summed E-state index contributed by atoms with van der Waals surface area (Å²) < 4.78 is 12.3. The molecule has 110 valence electrons. The molecule has 0 heterocycles. The van der Waals surface area contributed by atoms with Gasteiger partial charge in [0, 0.05) is 15.6 Å². The number of Topliss-reactive ketones (excluding diaryl/α,β-unsaturated/α-hetero) is 1. The van der Waals surface area contributed by atoms with Gasteiger partial charge in [-0.15, -0.1) is 0 Å². The number of carbonyl (C=O) groups is 1. The van der Waals surface area contributed by atoms with Crippen molar-refractivity contribution in [3.8, 4) is 0 Å². The van der Waals surface area contributed by atoms with Gasteiger partial charge >= 0.3 is 0 Å². The third-order valence-corrected chi connectivity index (χ3v) is 5.21. The van der Waals surface area contributed by atoms with Crippen LogP contribution in [0.1, 0.15) is 10.4 Å². The quantitative estimate of drug-likeness (QED) is 0.674. The summed E-state index contributed by atoms with van der Waals surface area (Å²) in [4.78, 5) is 12.5. The van der Waals surface area contributed by atoms with Crippen LogP contribution in [-0.4, -0.2) is 15.7 Å². The Morgan fingerprint density at radius 3 is 2.19 bits per heavy atom. The van der Waals surface area contributed by atoms with Crippen LogP contribution in [0, 0.1) is 0 Å². The maximum Gasteiger partial charge on any atom is 0.177 e. The molecule has 0 N–H and O–H groups in total. The van der Waals surface area contributed by atoms with Crippen LogP contribution in [-0.2, 0) is 10.8 Å². The topological polar surface area (TPSA) is 34.1 Å². The van der Waals surface area contributed by atoms with Crippen LogP contribution in [0.3, 0.4) is 0 Å². The second-order valence-electron chi connectivity index (χ2n) is 4.11. The molecule has 0 bridgehead atoms. The minimum Gasteiger partial charge on any atom is -0.293 e. The van der Waals surface area contributed by atoms with E-state index in [-0.39, 0.29) is 22.1 Å². The van der Waals surface area contributed by atoms with Gasteiger partial charge in [0.1, 0.15) is 0 Å². The van der Waals surface area contributed by atoms with E-state index in [1.807, 2.05) is 0 Å². The van der Waals surface area contributed by atoms with Crippen molar-refractivity contribution in [2.45, 2.75) is 4.90 Å².